The Labute approximate surface area is 181 Å². The third-order valence-electron chi connectivity index (χ3n) is 4.55. The molecule has 1 aromatic carbocycles. The molecule has 1 aliphatic rings. The average molecular weight is 427 g/mol. The van der Waals surface area contributed by atoms with E-state index in [1.165, 1.54) is 11.8 Å². The van der Waals surface area contributed by atoms with Gasteiger partial charge in [0.05, 0.1) is 30.7 Å². The first-order chi connectivity index (χ1) is 14.4. The van der Waals surface area contributed by atoms with Crippen molar-refractivity contribution in [3.63, 3.8) is 0 Å². The van der Waals surface area contributed by atoms with E-state index in [4.69, 9.17) is 14.2 Å². The SMILES string of the molecule is C=C/C(=C\SC)n1nc(C(=O)OCC)c2c1-c1cc(C=C(C)C)c(OC)cc1OC2. The van der Waals surface area contributed by atoms with Crippen LogP contribution in [-0.2, 0) is 11.3 Å². The Hall–Kier alpha value is -2.93. The van der Waals surface area contributed by atoms with Gasteiger partial charge in [0.1, 0.15) is 18.1 Å². The second-order valence-corrected chi connectivity index (χ2v) is 7.60. The molecule has 0 N–H and O–H groups in total. The summed E-state index contributed by atoms with van der Waals surface area (Å²) in [6.45, 7) is 10.2. The normalized spacial score (nSPS) is 12.4. The molecule has 2 heterocycles. The molecule has 1 aliphatic heterocycles. The van der Waals surface area contributed by atoms with Crippen molar-refractivity contribution in [1.82, 2.24) is 9.78 Å². The molecule has 158 valence electrons. The van der Waals surface area contributed by atoms with Crippen molar-refractivity contribution in [1.29, 1.82) is 0 Å². The van der Waals surface area contributed by atoms with E-state index in [2.05, 4.69) is 11.7 Å². The van der Waals surface area contributed by atoms with E-state index >= 15 is 0 Å². The Kier molecular flexibility index (Phi) is 6.72. The maximum absolute atomic E-state index is 12.6. The van der Waals surface area contributed by atoms with Gasteiger partial charge >= 0.3 is 5.97 Å². The lowest BCUT2D eigenvalue weighted by Gasteiger charge is -2.22. The van der Waals surface area contributed by atoms with E-state index in [0.29, 0.717) is 11.3 Å². The van der Waals surface area contributed by atoms with E-state index in [-0.39, 0.29) is 18.9 Å². The first-order valence-corrected chi connectivity index (χ1v) is 10.9. The molecule has 0 saturated carbocycles. The minimum Gasteiger partial charge on any atom is -0.496 e. The zero-order valence-corrected chi connectivity index (χ0v) is 18.8. The van der Waals surface area contributed by atoms with Gasteiger partial charge in [-0.25, -0.2) is 9.48 Å². The van der Waals surface area contributed by atoms with E-state index in [1.807, 2.05) is 43.7 Å². The van der Waals surface area contributed by atoms with E-state index in [9.17, 15) is 4.79 Å². The molecule has 2 aromatic rings. The standard InChI is InChI=1S/C23H26N2O4S/c1-7-16(13-30-6)25-22-17-10-15(9-14(3)4)19(27-5)11-20(17)29-12-18(22)21(24-25)23(26)28-8-2/h7,9-11,13H,1,8,12H2,2-6H3/b16-13+. The minimum absolute atomic E-state index is 0.214. The topological polar surface area (TPSA) is 62.6 Å². The van der Waals surface area contributed by atoms with Gasteiger partial charge in [-0.1, -0.05) is 18.2 Å². The number of esters is 1. The van der Waals surface area contributed by atoms with Crippen LogP contribution in [0, 0.1) is 0 Å². The summed E-state index contributed by atoms with van der Waals surface area (Å²) in [6, 6.07) is 3.88. The fourth-order valence-corrected chi connectivity index (χ4v) is 3.79. The molecule has 1 aromatic heterocycles. The fraction of sp³-hybridized carbons (Fsp3) is 0.304. The molecule has 0 fully saturated rings. The quantitative estimate of drug-likeness (QED) is 0.436. The second kappa shape index (κ2) is 9.26. The monoisotopic (exact) mass is 426 g/mol. The number of methoxy groups -OCH3 is 1. The van der Waals surface area contributed by atoms with Gasteiger partial charge in [0, 0.05) is 17.2 Å². The number of fused-ring (bicyclic) bond motifs is 3. The Morgan fingerprint density at radius 2 is 2.17 bits per heavy atom. The van der Waals surface area contributed by atoms with Crippen molar-refractivity contribution >= 4 is 29.5 Å². The van der Waals surface area contributed by atoms with E-state index < -0.39 is 5.97 Å². The highest BCUT2D eigenvalue weighted by Crippen LogP contribution is 2.44. The summed E-state index contributed by atoms with van der Waals surface area (Å²) in [4.78, 5) is 12.6. The minimum atomic E-state index is -0.467. The van der Waals surface area contributed by atoms with Crippen LogP contribution in [0.1, 0.15) is 42.4 Å². The second-order valence-electron chi connectivity index (χ2n) is 6.89. The molecule has 0 bridgehead atoms. The van der Waals surface area contributed by atoms with Crippen LogP contribution < -0.4 is 9.47 Å². The molecule has 30 heavy (non-hydrogen) atoms. The number of aromatic nitrogens is 2. The van der Waals surface area contributed by atoms with Crippen LogP contribution in [0.3, 0.4) is 0 Å². The van der Waals surface area contributed by atoms with Crippen LogP contribution in [-0.4, -0.2) is 35.7 Å². The highest BCUT2D eigenvalue weighted by atomic mass is 32.2. The van der Waals surface area contributed by atoms with Crippen LogP contribution in [0.5, 0.6) is 11.5 Å². The first-order valence-electron chi connectivity index (χ1n) is 9.60. The van der Waals surface area contributed by atoms with Crippen molar-refractivity contribution in [3.05, 3.63) is 52.6 Å². The largest absolute Gasteiger partial charge is 0.496 e. The van der Waals surface area contributed by atoms with Gasteiger partial charge in [-0.2, -0.15) is 5.10 Å². The summed E-state index contributed by atoms with van der Waals surface area (Å²) < 4.78 is 18.5. The number of carbonyl (C=O) groups is 1. The van der Waals surface area contributed by atoms with Gasteiger partial charge in [-0.15, -0.1) is 11.8 Å². The average Bonchev–Trinajstić information content (AvgIpc) is 3.11. The molecule has 0 atom stereocenters. The molecule has 0 saturated heterocycles. The van der Waals surface area contributed by atoms with Gasteiger partial charge in [0.15, 0.2) is 5.69 Å². The predicted octanol–water partition coefficient (Wildman–Crippen LogP) is 5.40. The number of thioether (sulfide) groups is 1. The van der Waals surface area contributed by atoms with E-state index in [0.717, 1.165) is 33.8 Å². The molecule has 7 heteroatoms. The van der Waals surface area contributed by atoms with Gasteiger partial charge in [-0.05, 0) is 44.6 Å². The molecule has 6 nitrogen and oxygen atoms in total. The summed E-state index contributed by atoms with van der Waals surface area (Å²) in [7, 11) is 1.64. The summed E-state index contributed by atoms with van der Waals surface area (Å²) in [6.07, 6.45) is 5.72. The lowest BCUT2D eigenvalue weighted by molar-refractivity contribution is 0.0516. The Balaban J connectivity index is 2.32. The lowest BCUT2D eigenvalue weighted by atomic mass is 9.98. The molecule has 3 rings (SSSR count). The Morgan fingerprint density at radius 3 is 2.77 bits per heavy atom. The Bertz CT molecular complexity index is 1050. The molecular weight excluding hydrogens is 400 g/mol. The number of benzene rings is 1. The first kappa shape index (κ1) is 21.8. The number of hydrogen-bond donors (Lipinski definition) is 0. The number of ether oxygens (including phenoxy) is 3. The summed E-state index contributed by atoms with van der Waals surface area (Å²) in [5.74, 6) is 0.929. The predicted molar refractivity (Wildman–Crippen MR) is 122 cm³/mol. The lowest BCUT2D eigenvalue weighted by Crippen LogP contribution is -2.12. The van der Waals surface area contributed by atoms with Crippen LogP contribution in [0.15, 0.2) is 35.8 Å². The molecule has 0 aliphatic carbocycles. The smallest absolute Gasteiger partial charge is 0.359 e. The number of rotatable bonds is 7. The fourth-order valence-electron chi connectivity index (χ4n) is 3.35. The highest BCUT2D eigenvalue weighted by Gasteiger charge is 2.31. The van der Waals surface area contributed by atoms with Crippen LogP contribution in [0.25, 0.3) is 23.0 Å². The molecule has 0 spiro atoms. The van der Waals surface area contributed by atoms with Gasteiger partial charge in [0.2, 0.25) is 0 Å². The maximum Gasteiger partial charge on any atom is 0.359 e. The number of carbonyl (C=O) groups excluding carboxylic acids is 1. The number of nitrogens with zero attached hydrogens (tertiary/aromatic N) is 2. The number of hydrogen-bond acceptors (Lipinski definition) is 6. The van der Waals surface area contributed by atoms with Crippen LogP contribution in [0.2, 0.25) is 0 Å². The summed E-state index contributed by atoms with van der Waals surface area (Å²) in [5, 5.41) is 6.53. The third-order valence-corrected chi connectivity index (χ3v) is 5.03. The third kappa shape index (κ3) is 4.03. The van der Waals surface area contributed by atoms with Crippen molar-refractivity contribution in [2.45, 2.75) is 27.4 Å². The molecule has 0 radical (unpaired) electrons. The van der Waals surface area contributed by atoms with Crippen molar-refractivity contribution in [2.75, 3.05) is 20.0 Å². The maximum atomic E-state index is 12.6. The zero-order chi connectivity index (χ0) is 21.8. The van der Waals surface area contributed by atoms with Crippen molar-refractivity contribution in [2.24, 2.45) is 0 Å². The van der Waals surface area contributed by atoms with Crippen LogP contribution >= 0.6 is 11.8 Å². The zero-order valence-electron chi connectivity index (χ0n) is 17.9. The van der Waals surface area contributed by atoms with Crippen LogP contribution in [0.4, 0.5) is 0 Å². The highest BCUT2D eigenvalue weighted by molar-refractivity contribution is 8.01. The van der Waals surface area contributed by atoms with Gasteiger partial charge < -0.3 is 14.2 Å². The van der Waals surface area contributed by atoms with E-state index in [1.54, 1.807) is 24.8 Å². The van der Waals surface area contributed by atoms with Gasteiger partial charge in [0.25, 0.3) is 0 Å². The van der Waals surface area contributed by atoms with Crippen molar-refractivity contribution in [3.8, 4) is 22.8 Å². The van der Waals surface area contributed by atoms with Gasteiger partial charge in [-0.3, -0.25) is 0 Å². The number of allylic oxidation sites excluding steroid dienone is 3. The van der Waals surface area contributed by atoms with Crippen molar-refractivity contribution < 1.29 is 19.0 Å². The summed E-state index contributed by atoms with van der Waals surface area (Å²) >= 11 is 1.54. The molecular formula is C23H26N2O4S. The Morgan fingerprint density at radius 1 is 1.40 bits per heavy atom. The molecule has 0 amide bonds. The summed E-state index contributed by atoms with van der Waals surface area (Å²) in [5.41, 5.74) is 5.41. The molecule has 0 unspecified atom stereocenters.